The number of carboxylic acids is 1. The van der Waals surface area contributed by atoms with Crippen molar-refractivity contribution in [2.24, 2.45) is 4.99 Å². The SMILES string of the molecule is Cc1cccc(CC(=O)O)c1Sc1cccc(N=C=S)c1. The first-order valence-electron chi connectivity index (χ1n) is 6.26. The van der Waals surface area contributed by atoms with E-state index in [1.165, 1.54) is 11.8 Å². The molecule has 2 rings (SSSR count). The summed E-state index contributed by atoms with van der Waals surface area (Å²) in [6.45, 7) is 1.98. The van der Waals surface area contributed by atoms with Gasteiger partial charge in [-0.25, -0.2) is 0 Å². The average molecular weight is 315 g/mol. The molecule has 1 N–H and O–H groups in total. The van der Waals surface area contributed by atoms with Crippen molar-refractivity contribution in [3.05, 3.63) is 53.6 Å². The Morgan fingerprint density at radius 1 is 1.33 bits per heavy atom. The lowest BCUT2D eigenvalue weighted by molar-refractivity contribution is -0.136. The van der Waals surface area contributed by atoms with Gasteiger partial charge < -0.3 is 5.11 Å². The molecule has 21 heavy (non-hydrogen) atoms. The maximum Gasteiger partial charge on any atom is 0.307 e. The predicted octanol–water partition coefficient (Wildman–Crippen LogP) is 4.51. The van der Waals surface area contributed by atoms with Gasteiger partial charge in [0.15, 0.2) is 0 Å². The number of thiocarbonyl (C=S) groups is 1. The van der Waals surface area contributed by atoms with Gasteiger partial charge in [0.1, 0.15) is 0 Å². The highest BCUT2D eigenvalue weighted by Crippen LogP contribution is 2.34. The Labute approximate surface area is 132 Å². The fourth-order valence-electron chi connectivity index (χ4n) is 1.95. The number of aliphatic imine (C=N–C) groups is 1. The Kier molecular flexibility index (Phi) is 5.28. The van der Waals surface area contributed by atoms with Gasteiger partial charge in [-0.2, -0.15) is 4.99 Å². The molecule has 0 heterocycles. The Hall–Kier alpha value is -1.94. The Morgan fingerprint density at radius 3 is 2.81 bits per heavy atom. The number of nitrogens with zero attached hydrogens (tertiary/aromatic N) is 1. The van der Waals surface area contributed by atoms with Gasteiger partial charge in [-0.05, 0) is 48.5 Å². The van der Waals surface area contributed by atoms with Crippen molar-refractivity contribution in [1.29, 1.82) is 0 Å². The Bertz CT molecular complexity index is 722. The number of aryl methyl sites for hydroxylation is 1. The molecule has 0 aliphatic heterocycles. The molecular weight excluding hydrogens is 302 g/mol. The molecule has 0 bridgehead atoms. The number of carbonyl (C=O) groups is 1. The van der Waals surface area contributed by atoms with Crippen LogP contribution in [0.3, 0.4) is 0 Å². The van der Waals surface area contributed by atoms with Gasteiger partial charge in [0.05, 0.1) is 17.3 Å². The van der Waals surface area contributed by atoms with Crippen molar-refractivity contribution in [3.8, 4) is 0 Å². The quantitative estimate of drug-likeness (QED) is 0.651. The lowest BCUT2D eigenvalue weighted by Gasteiger charge is -2.11. The van der Waals surface area contributed by atoms with E-state index in [0.29, 0.717) is 0 Å². The van der Waals surface area contributed by atoms with Gasteiger partial charge in [0, 0.05) is 9.79 Å². The van der Waals surface area contributed by atoms with Crippen LogP contribution in [-0.4, -0.2) is 16.2 Å². The summed E-state index contributed by atoms with van der Waals surface area (Å²) in [7, 11) is 0. The van der Waals surface area contributed by atoms with E-state index in [1.807, 2.05) is 49.4 Å². The summed E-state index contributed by atoms with van der Waals surface area (Å²) in [4.78, 5) is 16.9. The summed E-state index contributed by atoms with van der Waals surface area (Å²) in [5, 5.41) is 11.4. The zero-order valence-corrected chi connectivity index (χ0v) is 13.0. The molecule has 0 aliphatic carbocycles. The van der Waals surface area contributed by atoms with Crippen LogP contribution in [0.4, 0.5) is 5.69 Å². The van der Waals surface area contributed by atoms with Crippen LogP contribution >= 0.6 is 24.0 Å². The fourth-order valence-corrected chi connectivity index (χ4v) is 3.12. The second-order valence-electron chi connectivity index (χ2n) is 4.44. The average Bonchev–Trinajstić information content (AvgIpc) is 2.43. The molecule has 0 spiro atoms. The molecule has 2 aromatic rings. The molecule has 106 valence electrons. The van der Waals surface area contributed by atoms with Crippen LogP contribution in [0.1, 0.15) is 11.1 Å². The van der Waals surface area contributed by atoms with Gasteiger partial charge in [0.2, 0.25) is 0 Å². The second kappa shape index (κ2) is 7.18. The van der Waals surface area contributed by atoms with E-state index in [4.69, 9.17) is 5.11 Å². The standard InChI is InChI=1S/C16H13NO2S2/c1-11-4-2-5-12(8-15(18)19)16(11)21-14-7-3-6-13(9-14)17-10-20/h2-7,9H,8H2,1H3,(H,18,19). The number of hydrogen-bond donors (Lipinski definition) is 1. The van der Waals surface area contributed by atoms with Crippen LogP contribution in [-0.2, 0) is 11.2 Å². The number of isothiocyanates is 1. The first-order chi connectivity index (χ1) is 10.1. The monoisotopic (exact) mass is 315 g/mol. The van der Waals surface area contributed by atoms with Crippen molar-refractivity contribution >= 4 is 40.8 Å². The number of hydrogen-bond acceptors (Lipinski definition) is 4. The summed E-state index contributed by atoms with van der Waals surface area (Å²) < 4.78 is 0. The fraction of sp³-hybridized carbons (Fsp3) is 0.125. The van der Waals surface area contributed by atoms with Crippen molar-refractivity contribution in [1.82, 2.24) is 0 Å². The van der Waals surface area contributed by atoms with E-state index in [2.05, 4.69) is 22.4 Å². The molecular formula is C16H13NO2S2. The van der Waals surface area contributed by atoms with E-state index < -0.39 is 5.97 Å². The first kappa shape index (κ1) is 15.4. The third-order valence-electron chi connectivity index (χ3n) is 2.85. The third-order valence-corrected chi connectivity index (χ3v) is 4.22. The molecule has 5 heteroatoms. The van der Waals surface area contributed by atoms with Crippen LogP contribution < -0.4 is 0 Å². The molecule has 0 radical (unpaired) electrons. The van der Waals surface area contributed by atoms with Crippen LogP contribution in [0.2, 0.25) is 0 Å². The predicted molar refractivity (Wildman–Crippen MR) is 87.8 cm³/mol. The molecule has 0 saturated carbocycles. The van der Waals surface area contributed by atoms with Crippen LogP contribution in [0.25, 0.3) is 0 Å². The molecule has 0 unspecified atom stereocenters. The molecule has 0 aliphatic rings. The smallest absolute Gasteiger partial charge is 0.307 e. The third kappa shape index (κ3) is 4.26. The van der Waals surface area contributed by atoms with E-state index in [1.54, 1.807) is 0 Å². The second-order valence-corrected chi connectivity index (χ2v) is 5.70. The molecule has 0 fully saturated rings. The summed E-state index contributed by atoms with van der Waals surface area (Å²) in [5.41, 5.74) is 2.61. The number of aliphatic carboxylic acids is 1. The number of benzene rings is 2. The normalized spacial score (nSPS) is 9.95. The molecule has 0 aromatic heterocycles. The maximum atomic E-state index is 11.0. The highest BCUT2D eigenvalue weighted by atomic mass is 32.2. The number of rotatable bonds is 5. The van der Waals surface area contributed by atoms with Crippen LogP contribution in [0.15, 0.2) is 57.2 Å². The van der Waals surface area contributed by atoms with Crippen LogP contribution in [0.5, 0.6) is 0 Å². The lowest BCUT2D eigenvalue weighted by atomic mass is 10.1. The van der Waals surface area contributed by atoms with Crippen molar-refractivity contribution in [3.63, 3.8) is 0 Å². The van der Waals surface area contributed by atoms with Crippen molar-refractivity contribution in [2.45, 2.75) is 23.1 Å². The van der Waals surface area contributed by atoms with E-state index >= 15 is 0 Å². The van der Waals surface area contributed by atoms with Gasteiger partial charge in [-0.3, -0.25) is 4.79 Å². The molecule has 2 aromatic carbocycles. The molecule has 0 atom stereocenters. The topological polar surface area (TPSA) is 49.7 Å². The van der Waals surface area contributed by atoms with E-state index in [9.17, 15) is 4.79 Å². The minimum Gasteiger partial charge on any atom is -0.481 e. The minimum absolute atomic E-state index is 0.0157. The largest absolute Gasteiger partial charge is 0.481 e. The molecule has 3 nitrogen and oxygen atoms in total. The van der Waals surface area contributed by atoms with Crippen molar-refractivity contribution < 1.29 is 9.90 Å². The maximum absolute atomic E-state index is 11.0. The highest BCUT2D eigenvalue weighted by molar-refractivity contribution is 7.99. The summed E-state index contributed by atoms with van der Waals surface area (Å²) in [5.74, 6) is -0.832. The first-order valence-corrected chi connectivity index (χ1v) is 7.48. The number of carboxylic acid groups (broad SMARTS) is 1. The van der Waals surface area contributed by atoms with Gasteiger partial charge in [0.25, 0.3) is 0 Å². The molecule has 0 amide bonds. The van der Waals surface area contributed by atoms with E-state index in [0.717, 1.165) is 26.6 Å². The Balaban J connectivity index is 2.36. The summed E-state index contributed by atoms with van der Waals surface area (Å²) >= 11 is 6.14. The zero-order chi connectivity index (χ0) is 15.2. The van der Waals surface area contributed by atoms with Gasteiger partial charge in [-0.15, -0.1) is 0 Å². The van der Waals surface area contributed by atoms with Gasteiger partial charge in [-0.1, -0.05) is 36.0 Å². The Morgan fingerprint density at radius 2 is 2.10 bits per heavy atom. The summed E-state index contributed by atoms with van der Waals surface area (Å²) in [6.07, 6.45) is 0.0157. The van der Waals surface area contributed by atoms with E-state index in [-0.39, 0.29) is 6.42 Å². The van der Waals surface area contributed by atoms with Gasteiger partial charge >= 0.3 is 5.97 Å². The van der Waals surface area contributed by atoms with Crippen molar-refractivity contribution in [2.75, 3.05) is 0 Å². The lowest BCUT2D eigenvalue weighted by Crippen LogP contribution is -2.02. The summed E-state index contributed by atoms with van der Waals surface area (Å²) in [6, 6.07) is 13.3. The van der Waals surface area contributed by atoms with Crippen LogP contribution in [0, 0.1) is 6.92 Å². The highest BCUT2D eigenvalue weighted by Gasteiger charge is 2.10. The molecule has 0 saturated heterocycles. The zero-order valence-electron chi connectivity index (χ0n) is 11.4. The minimum atomic E-state index is -0.832.